The third kappa shape index (κ3) is 2.98. The van der Waals surface area contributed by atoms with E-state index in [0.717, 1.165) is 53.9 Å². The van der Waals surface area contributed by atoms with E-state index in [4.69, 9.17) is 9.72 Å². The van der Waals surface area contributed by atoms with Crippen molar-refractivity contribution in [3.8, 4) is 11.3 Å². The van der Waals surface area contributed by atoms with Crippen LogP contribution >= 0.6 is 0 Å². The molecule has 3 aromatic rings. The van der Waals surface area contributed by atoms with E-state index in [-0.39, 0.29) is 11.5 Å². The van der Waals surface area contributed by atoms with E-state index in [1.165, 1.54) is 0 Å². The molecule has 0 atom stereocenters. The van der Waals surface area contributed by atoms with E-state index in [0.29, 0.717) is 12.1 Å². The number of rotatable bonds is 5. The highest BCUT2D eigenvalue weighted by Gasteiger charge is 2.51. The van der Waals surface area contributed by atoms with Gasteiger partial charge in [-0.25, -0.2) is 4.98 Å². The highest BCUT2D eigenvalue weighted by molar-refractivity contribution is 6.07. The topological polar surface area (TPSA) is 64.1 Å². The smallest absolute Gasteiger partial charge is 0.252 e. The fourth-order valence-electron chi connectivity index (χ4n) is 4.32. The van der Waals surface area contributed by atoms with Crippen molar-refractivity contribution < 1.29 is 9.53 Å². The van der Waals surface area contributed by atoms with Crippen molar-refractivity contribution in [1.82, 2.24) is 15.3 Å². The maximum absolute atomic E-state index is 12.9. The molecule has 0 unspecified atom stereocenters. The van der Waals surface area contributed by atoms with Crippen molar-refractivity contribution in [2.24, 2.45) is 5.92 Å². The Hall–Kier alpha value is -2.79. The van der Waals surface area contributed by atoms with Crippen LogP contribution in [0.1, 0.15) is 29.6 Å². The Kier molecular flexibility index (Phi) is 3.90. The number of ether oxygens (including phenoxy) is 1. The van der Waals surface area contributed by atoms with Gasteiger partial charge < -0.3 is 10.1 Å². The van der Waals surface area contributed by atoms with Crippen LogP contribution in [0, 0.1) is 5.92 Å². The molecular weight excluding hydrogens is 338 g/mol. The molecule has 5 heteroatoms. The van der Waals surface area contributed by atoms with Gasteiger partial charge in [0.2, 0.25) is 0 Å². The lowest BCUT2D eigenvalue weighted by molar-refractivity contribution is -0.00505. The molecule has 6 rings (SSSR count). The number of aromatic nitrogens is 2. The van der Waals surface area contributed by atoms with E-state index < -0.39 is 0 Å². The minimum atomic E-state index is -0.0657. The zero-order valence-corrected chi connectivity index (χ0v) is 15.0. The van der Waals surface area contributed by atoms with Gasteiger partial charge in [-0.2, -0.15) is 0 Å². The summed E-state index contributed by atoms with van der Waals surface area (Å²) in [5.41, 5.74) is 3.14. The standard InChI is InChI=1S/C22H21N3O2/c26-21(24-9-7-22-11-15(12-22)14-27-22)18-10-20(16-4-3-8-23-13-16)25-19-6-2-1-5-17(18)19/h1-6,8,10,13,15H,7,9,11-12,14H2,(H,24,26). The van der Waals surface area contributed by atoms with Crippen molar-refractivity contribution >= 4 is 16.8 Å². The average molecular weight is 359 g/mol. The number of nitrogens with zero attached hydrogens (tertiary/aromatic N) is 2. The molecule has 1 aliphatic carbocycles. The zero-order chi connectivity index (χ0) is 18.3. The quantitative estimate of drug-likeness (QED) is 0.756. The number of carbonyl (C=O) groups is 1. The molecule has 2 aliphatic heterocycles. The fraction of sp³-hybridized carbons (Fsp3) is 0.318. The second-order valence-electron chi connectivity index (χ2n) is 7.59. The van der Waals surface area contributed by atoms with Crippen LogP contribution in [0.15, 0.2) is 54.9 Å². The lowest BCUT2D eigenvalue weighted by Gasteiger charge is -2.35. The summed E-state index contributed by atoms with van der Waals surface area (Å²) in [5, 5.41) is 3.95. The molecule has 3 aliphatic rings. The predicted octanol–water partition coefficient (Wildman–Crippen LogP) is 3.60. The molecule has 5 nitrogen and oxygen atoms in total. The van der Waals surface area contributed by atoms with E-state index >= 15 is 0 Å². The second-order valence-corrected chi connectivity index (χ2v) is 7.59. The predicted molar refractivity (Wildman–Crippen MR) is 103 cm³/mol. The number of hydrogen-bond acceptors (Lipinski definition) is 4. The Bertz CT molecular complexity index is 991. The number of fused-ring (bicyclic) bond motifs is 2. The van der Waals surface area contributed by atoms with Crippen molar-refractivity contribution in [2.45, 2.75) is 24.9 Å². The largest absolute Gasteiger partial charge is 0.375 e. The van der Waals surface area contributed by atoms with Crippen molar-refractivity contribution in [3.63, 3.8) is 0 Å². The number of hydrogen-bond donors (Lipinski definition) is 1. The number of amides is 1. The number of carbonyl (C=O) groups excluding carboxylic acids is 1. The fourth-order valence-corrected chi connectivity index (χ4v) is 4.32. The van der Waals surface area contributed by atoms with E-state index in [1.54, 1.807) is 12.4 Å². The van der Waals surface area contributed by atoms with Gasteiger partial charge in [-0.05, 0) is 49.4 Å². The molecule has 1 saturated carbocycles. The Morgan fingerprint density at radius 3 is 2.89 bits per heavy atom. The first-order valence-corrected chi connectivity index (χ1v) is 9.45. The molecule has 2 aromatic heterocycles. The van der Waals surface area contributed by atoms with Crippen LogP contribution in [0.2, 0.25) is 0 Å². The van der Waals surface area contributed by atoms with E-state index in [1.807, 2.05) is 42.5 Å². The normalized spacial score (nSPS) is 23.2. The van der Waals surface area contributed by atoms with Crippen LogP contribution in [0.5, 0.6) is 0 Å². The Morgan fingerprint density at radius 2 is 2.11 bits per heavy atom. The number of benzene rings is 1. The Balaban J connectivity index is 1.41. The third-order valence-corrected chi connectivity index (χ3v) is 5.73. The summed E-state index contributed by atoms with van der Waals surface area (Å²) in [7, 11) is 0. The van der Waals surface area contributed by atoms with E-state index in [9.17, 15) is 4.79 Å². The Labute approximate surface area is 157 Å². The van der Waals surface area contributed by atoms with Crippen LogP contribution in [0.4, 0.5) is 0 Å². The van der Waals surface area contributed by atoms with Gasteiger partial charge in [0.15, 0.2) is 0 Å². The van der Waals surface area contributed by atoms with E-state index in [2.05, 4.69) is 10.3 Å². The van der Waals surface area contributed by atoms with Crippen molar-refractivity contribution in [1.29, 1.82) is 0 Å². The lowest BCUT2D eigenvalue weighted by atomic mass is 9.73. The SMILES string of the molecule is O=C(NCCC12CC(CO1)C2)c1cc(-c2cccnc2)nc2ccccc12. The van der Waals surface area contributed by atoms with Crippen LogP contribution in [-0.4, -0.2) is 34.6 Å². The molecule has 0 spiro atoms. The molecule has 1 N–H and O–H groups in total. The summed E-state index contributed by atoms with van der Waals surface area (Å²) in [6.07, 6.45) is 6.67. The van der Waals surface area contributed by atoms with Gasteiger partial charge in [-0.1, -0.05) is 18.2 Å². The first-order chi connectivity index (χ1) is 13.2. The maximum Gasteiger partial charge on any atom is 0.252 e. The number of pyridine rings is 2. The van der Waals surface area contributed by atoms with Gasteiger partial charge in [0, 0.05) is 29.9 Å². The minimum Gasteiger partial charge on any atom is -0.375 e. The summed E-state index contributed by atoms with van der Waals surface area (Å²) in [5.74, 6) is 0.677. The summed E-state index contributed by atoms with van der Waals surface area (Å²) >= 11 is 0. The van der Waals surface area contributed by atoms with Crippen molar-refractivity contribution in [2.75, 3.05) is 13.2 Å². The highest BCUT2D eigenvalue weighted by Crippen LogP contribution is 2.50. The summed E-state index contributed by atoms with van der Waals surface area (Å²) in [4.78, 5) is 21.8. The molecule has 3 fully saturated rings. The van der Waals surface area contributed by atoms with Crippen LogP contribution < -0.4 is 5.32 Å². The van der Waals surface area contributed by atoms with Gasteiger partial charge in [0.1, 0.15) is 0 Å². The summed E-state index contributed by atoms with van der Waals surface area (Å²) < 4.78 is 5.88. The monoisotopic (exact) mass is 359 g/mol. The molecular formula is C22H21N3O2. The van der Waals surface area contributed by atoms with Gasteiger partial charge in [-0.3, -0.25) is 9.78 Å². The van der Waals surface area contributed by atoms with Gasteiger partial charge in [-0.15, -0.1) is 0 Å². The number of para-hydroxylation sites is 1. The van der Waals surface area contributed by atoms with Gasteiger partial charge in [0.05, 0.1) is 29.0 Å². The van der Waals surface area contributed by atoms with Gasteiger partial charge >= 0.3 is 0 Å². The molecule has 1 aromatic carbocycles. The molecule has 136 valence electrons. The molecule has 4 heterocycles. The van der Waals surface area contributed by atoms with Crippen LogP contribution in [0.25, 0.3) is 22.2 Å². The third-order valence-electron chi connectivity index (χ3n) is 5.73. The molecule has 2 bridgehead atoms. The highest BCUT2D eigenvalue weighted by atomic mass is 16.5. The van der Waals surface area contributed by atoms with Crippen LogP contribution in [-0.2, 0) is 4.74 Å². The van der Waals surface area contributed by atoms with Crippen LogP contribution in [0.3, 0.4) is 0 Å². The first kappa shape index (κ1) is 16.4. The molecule has 0 radical (unpaired) electrons. The molecule has 2 saturated heterocycles. The zero-order valence-electron chi connectivity index (χ0n) is 15.0. The minimum absolute atomic E-state index is 0.0269. The molecule has 1 amide bonds. The number of nitrogens with one attached hydrogen (secondary N) is 1. The summed E-state index contributed by atoms with van der Waals surface area (Å²) in [6, 6.07) is 13.4. The lowest BCUT2D eigenvalue weighted by Crippen LogP contribution is -2.40. The Morgan fingerprint density at radius 1 is 1.22 bits per heavy atom. The van der Waals surface area contributed by atoms with Gasteiger partial charge in [0.25, 0.3) is 5.91 Å². The average Bonchev–Trinajstić information content (AvgIpc) is 3.28. The maximum atomic E-state index is 12.9. The first-order valence-electron chi connectivity index (χ1n) is 9.45. The van der Waals surface area contributed by atoms with Crippen molar-refractivity contribution in [3.05, 3.63) is 60.4 Å². The second kappa shape index (κ2) is 6.43. The molecule has 27 heavy (non-hydrogen) atoms. The summed E-state index contributed by atoms with van der Waals surface area (Å²) in [6.45, 7) is 1.52.